The van der Waals surface area contributed by atoms with Crippen molar-refractivity contribution >= 4 is 5.91 Å². The fraction of sp³-hybridized carbons (Fsp3) is 0.533. The summed E-state index contributed by atoms with van der Waals surface area (Å²) >= 11 is 0. The number of carbonyl (C=O) groups is 1. The molecule has 0 aromatic heterocycles. The van der Waals surface area contributed by atoms with Gasteiger partial charge in [0, 0.05) is 6.54 Å². The van der Waals surface area contributed by atoms with Gasteiger partial charge in [0.1, 0.15) is 12.4 Å². The van der Waals surface area contributed by atoms with Crippen LogP contribution >= 0.6 is 0 Å². The Balaban J connectivity index is 1.74. The Morgan fingerprint density at radius 2 is 2.05 bits per heavy atom. The minimum Gasteiger partial charge on any atom is -0.491 e. The predicted molar refractivity (Wildman–Crippen MR) is 73.4 cm³/mol. The molecule has 0 saturated carbocycles. The average Bonchev–Trinajstić information content (AvgIpc) is 2.61. The van der Waals surface area contributed by atoms with Gasteiger partial charge in [-0.25, -0.2) is 0 Å². The van der Waals surface area contributed by atoms with Crippen LogP contribution in [0.4, 0.5) is 0 Å². The molecule has 102 valence electrons. The van der Waals surface area contributed by atoms with Crippen LogP contribution in [0.3, 0.4) is 0 Å². The third-order valence-corrected chi connectivity index (χ3v) is 3.96. The van der Waals surface area contributed by atoms with Gasteiger partial charge in [0.15, 0.2) is 0 Å². The Hall–Kier alpha value is -1.55. The maximum atomic E-state index is 12.5. The van der Waals surface area contributed by atoms with E-state index in [9.17, 15) is 4.79 Å². The summed E-state index contributed by atoms with van der Waals surface area (Å²) in [6, 6.07) is 7.54. The third-order valence-electron chi connectivity index (χ3n) is 3.96. The molecule has 1 N–H and O–H groups in total. The Morgan fingerprint density at radius 1 is 1.26 bits per heavy atom. The van der Waals surface area contributed by atoms with Crippen molar-refractivity contribution in [3.05, 3.63) is 29.8 Å². The van der Waals surface area contributed by atoms with Crippen LogP contribution in [0, 0.1) is 5.92 Å². The van der Waals surface area contributed by atoms with Crippen LogP contribution in [0.15, 0.2) is 24.3 Å². The fourth-order valence-corrected chi connectivity index (χ4v) is 2.86. The number of fused-ring (bicyclic) bond motifs is 1. The van der Waals surface area contributed by atoms with Crippen molar-refractivity contribution in [1.82, 2.24) is 10.2 Å². The van der Waals surface area contributed by atoms with Crippen LogP contribution in [-0.4, -0.2) is 43.6 Å². The van der Waals surface area contributed by atoms with Crippen molar-refractivity contribution in [3.8, 4) is 5.75 Å². The smallest absolute Gasteiger partial charge is 0.257 e. The van der Waals surface area contributed by atoms with Crippen LogP contribution < -0.4 is 10.1 Å². The number of rotatable bonds is 2. The van der Waals surface area contributed by atoms with Crippen LogP contribution in [0.1, 0.15) is 23.2 Å². The van der Waals surface area contributed by atoms with Gasteiger partial charge < -0.3 is 15.0 Å². The quantitative estimate of drug-likeness (QED) is 0.876. The lowest BCUT2D eigenvalue weighted by Crippen LogP contribution is -2.40. The van der Waals surface area contributed by atoms with Gasteiger partial charge >= 0.3 is 0 Å². The Labute approximate surface area is 113 Å². The van der Waals surface area contributed by atoms with Crippen molar-refractivity contribution in [3.63, 3.8) is 0 Å². The molecule has 2 aliphatic heterocycles. The Bertz CT molecular complexity index is 455. The Morgan fingerprint density at radius 3 is 2.89 bits per heavy atom. The number of hydrogen-bond acceptors (Lipinski definition) is 3. The summed E-state index contributed by atoms with van der Waals surface area (Å²) in [6.07, 6.45) is 2.32. The Kier molecular flexibility index (Phi) is 3.69. The summed E-state index contributed by atoms with van der Waals surface area (Å²) in [6.45, 7) is 4.28. The van der Waals surface area contributed by atoms with Gasteiger partial charge in [-0.15, -0.1) is 0 Å². The minimum atomic E-state index is 0.117. The van der Waals surface area contributed by atoms with E-state index in [1.807, 2.05) is 29.2 Å². The monoisotopic (exact) mass is 260 g/mol. The summed E-state index contributed by atoms with van der Waals surface area (Å²) < 4.78 is 5.66. The molecule has 0 radical (unpaired) electrons. The molecule has 1 fully saturated rings. The van der Waals surface area contributed by atoms with E-state index in [0.29, 0.717) is 24.6 Å². The van der Waals surface area contributed by atoms with E-state index in [-0.39, 0.29) is 5.91 Å². The highest BCUT2D eigenvalue weighted by Gasteiger charge is 2.25. The number of carbonyl (C=O) groups excluding carboxylic acids is 1. The lowest BCUT2D eigenvalue weighted by Gasteiger charge is -2.29. The molecule has 1 aromatic rings. The molecule has 2 heterocycles. The van der Waals surface area contributed by atoms with Crippen LogP contribution in [0.5, 0.6) is 5.75 Å². The molecule has 3 rings (SSSR count). The molecule has 2 aliphatic rings. The van der Waals surface area contributed by atoms with Crippen molar-refractivity contribution in [2.45, 2.75) is 12.8 Å². The fourth-order valence-electron chi connectivity index (χ4n) is 2.86. The number of benzene rings is 1. The summed E-state index contributed by atoms with van der Waals surface area (Å²) in [4.78, 5) is 14.5. The van der Waals surface area contributed by atoms with E-state index < -0.39 is 0 Å². The summed E-state index contributed by atoms with van der Waals surface area (Å²) in [5, 5.41) is 3.36. The second-order valence-corrected chi connectivity index (χ2v) is 5.29. The summed E-state index contributed by atoms with van der Waals surface area (Å²) in [5.74, 6) is 1.46. The predicted octanol–water partition coefficient (Wildman–Crippen LogP) is 1.52. The summed E-state index contributed by atoms with van der Waals surface area (Å²) in [5.41, 5.74) is 0.703. The zero-order valence-electron chi connectivity index (χ0n) is 11.1. The maximum Gasteiger partial charge on any atom is 0.257 e. The zero-order valence-corrected chi connectivity index (χ0v) is 11.1. The number of piperidine rings is 1. The number of nitrogens with zero attached hydrogens (tertiary/aromatic N) is 1. The highest BCUT2D eigenvalue weighted by atomic mass is 16.5. The third kappa shape index (κ3) is 2.73. The standard InChI is InChI=1S/C15H20N2O2/c18-15-13-3-1-2-4-14(13)19-10-9-17(15)11-12-5-7-16-8-6-12/h1-4,12,16H,5-11H2. The molecule has 0 bridgehead atoms. The van der Waals surface area contributed by atoms with E-state index in [1.54, 1.807) is 0 Å². The molecule has 1 saturated heterocycles. The lowest BCUT2D eigenvalue weighted by molar-refractivity contribution is 0.0715. The minimum absolute atomic E-state index is 0.117. The molecular formula is C15H20N2O2. The van der Waals surface area contributed by atoms with Crippen molar-refractivity contribution in [2.24, 2.45) is 5.92 Å². The van der Waals surface area contributed by atoms with Gasteiger partial charge in [0.05, 0.1) is 12.1 Å². The molecule has 19 heavy (non-hydrogen) atoms. The largest absolute Gasteiger partial charge is 0.491 e. The maximum absolute atomic E-state index is 12.5. The number of ether oxygens (including phenoxy) is 1. The van der Waals surface area contributed by atoms with Crippen molar-refractivity contribution in [1.29, 1.82) is 0 Å². The second kappa shape index (κ2) is 5.61. The van der Waals surface area contributed by atoms with Gasteiger partial charge in [-0.1, -0.05) is 12.1 Å². The number of nitrogens with one attached hydrogen (secondary N) is 1. The second-order valence-electron chi connectivity index (χ2n) is 5.29. The van der Waals surface area contributed by atoms with E-state index >= 15 is 0 Å². The van der Waals surface area contributed by atoms with Crippen molar-refractivity contribution < 1.29 is 9.53 Å². The molecule has 0 spiro atoms. The van der Waals surface area contributed by atoms with Crippen LogP contribution in [-0.2, 0) is 0 Å². The van der Waals surface area contributed by atoms with Crippen LogP contribution in [0.25, 0.3) is 0 Å². The lowest BCUT2D eigenvalue weighted by atomic mass is 9.97. The molecule has 0 unspecified atom stereocenters. The van der Waals surface area contributed by atoms with Gasteiger partial charge in [0.2, 0.25) is 0 Å². The van der Waals surface area contributed by atoms with Crippen LogP contribution in [0.2, 0.25) is 0 Å². The number of amides is 1. The SMILES string of the molecule is O=C1c2ccccc2OCCN1CC1CCNCC1. The topological polar surface area (TPSA) is 41.6 Å². The van der Waals surface area contributed by atoms with Crippen molar-refractivity contribution in [2.75, 3.05) is 32.8 Å². The van der Waals surface area contributed by atoms with Gasteiger partial charge in [0.25, 0.3) is 5.91 Å². The number of hydrogen-bond donors (Lipinski definition) is 1. The van der Waals surface area contributed by atoms with Gasteiger partial charge in [-0.2, -0.15) is 0 Å². The molecule has 1 aromatic carbocycles. The van der Waals surface area contributed by atoms with Gasteiger partial charge in [-0.3, -0.25) is 4.79 Å². The van der Waals surface area contributed by atoms with E-state index in [2.05, 4.69) is 5.32 Å². The first-order valence-electron chi connectivity index (χ1n) is 7.06. The normalized spacial score (nSPS) is 20.6. The first-order valence-corrected chi connectivity index (χ1v) is 7.06. The highest BCUT2D eigenvalue weighted by Crippen LogP contribution is 2.24. The van der Waals surface area contributed by atoms with E-state index in [4.69, 9.17) is 4.74 Å². The zero-order chi connectivity index (χ0) is 13.1. The summed E-state index contributed by atoms with van der Waals surface area (Å²) in [7, 11) is 0. The first-order chi connectivity index (χ1) is 9.34. The molecule has 0 aliphatic carbocycles. The number of para-hydroxylation sites is 1. The highest BCUT2D eigenvalue weighted by molar-refractivity contribution is 5.97. The van der Waals surface area contributed by atoms with E-state index in [1.165, 1.54) is 0 Å². The molecule has 4 heteroatoms. The molecule has 1 amide bonds. The molecule has 0 atom stereocenters. The molecule has 4 nitrogen and oxygen atoms in total. The molecular weight excluding hydrogens is 240 g/mol. The first kappa shape index (κ1) is 12.5. The average molecular weight is 260 g/mol. The van der Waals surface area contributed by atoms with E-state index in [0.717, 1.165) is 38.2 Å². The van der Waals surface area contributed by atoms with Gasteiger partial charge in [-0.05, 0) is 44.0 Å².